The van der Waals surface area contributed by atoms with Crippen molar-refractivity contribution in [2.24, 2.45) is 0 Å². The smallest absolute Gasteiger partial charge is 0.0792 e. The van der Waals surface area contributed by atoms with Gasteiger partial charge in [0, 0.05) is 13.0 Å². The van der Waals surface area contributed by atoms with E-state index in [0.29, 0.717) is 0 Å². The van der Waals surface area contributed by atoms with Crippen molar-refractivity contribution >= 4 is 0 Å². The molecule has 44 heavy (non-hydrogen) atoms. The second-order valence-electron chi connectivity index (χ2n) is 15.8. The summed E-state index contributed by atoms with van der Waals surface area (Å²) in [4.78, 5) is 2.82. The predicted molar refractivity (Wildman–Crippen MR) is 203 cm³/mol. The topological polar surface area (TPSA) is 3.24 Å². The van der Waals surface area contributed by atoms with E-state index in [-0.39, 0.29) is 0 Å². The summed E-state index contributed by atoms with van der Waals surface area (Å²) in [7, 11) is 7.03. The third-order valence-electron chi connectivity index (χ3n) is 9.96. The van der Waals surface area contributed by atoms with Gasteiger partial charge in [-0.2, -0.15) is 0 Å². The minimum absolute atomic E-state index is 1.10. The Morgan fingerprint density at radius 3 is 0.705 bits per heavy atom. The molecule has 0 fully saturated rings. The quantitative estimate of drug-likeness (QED) is 0.0489. The van der Waals surface area contributed by atoms with Crippen LogP contribution in [-0.2, 0) is 0 Å². The largest absolute Gasteiger partial charge is 0.331 e. The van der Waals surface area contributed by atoms with E-state index >= 15 is 0 Å². The molecule has 0 aliphatic rings. The molecule has 0 aromatic rings. The number of unbranched alkanes of at least 4 members (excludes halogenated alkanes) is 30. The Bertz CT molecular complexity index is 474. The molecule has 0 aliphatic heterocycles. The maximum absolute atomic E-state index is 2.82. The zero-order valence-electron chi connectivity index (χ0n) is 32.1. The molecule has 0 saturated carbocycles. The van der Waals surface area contributed by atoms with Gasteiger partial charge in [-0.25, -0.2) is 0 Å². The second kappa shape index (κ2) is 35.8. The van der Waals surface area contributed by atoms with Gasteiger partial charge in [-0.1, -0.05) is 206 Å². The lowest BCUT2D eigenvalue weighted by Gasteiger charge is -2.27. The van der Waals surface area contributed by atoms with Gasteiger partial charge in [0.2, 0.25) is 0 Å². The molecule has 0 heterocycles. The Morgan fingerprint density at radius 1 is 0.273 bits per heavy atom. The van der Waals surface area contributed by atoms with Gasteiger partial charge in [-0.15, -0.1) is 0 Å². The minimum atomic E-state index is 1.10. The van der Waals surface area contributed by atoms with Gasteiger partial charge in [0.1, 0.15) is 0 Å². The van der Waals surface area contributed by atoms with Crippen molar-refractivity contribution in [2.75, 3.05) is 47.3 Å². The lowest BCUT2D eigenvalue weighted by molar-refractivity contribution is -0.870. The first-order valence-electron chi connectivity index (χ1n) is 21.0. The van der Waals surface area contributed by atoms with Crippen LogP contribution in [0.4, 0.5) is 0 Å². The van der Waals surface area contributed by atoms with Gasteiger partial charge < -0.3 is 9.38 Å². The third kappa shape index (κ3) is 38.1. The predicted octanol–water partition coefficient (Wildman–Crippen LogP) is 13.9. The second-order valence-corrected chi connectivity index (χ2v) is 15.8. The highest BCUT2D eigenvalue weighted by Crippen LogP contribution is 2.16. The zero-order chi connectivity index (χ0) is 32.2. The van der Waals surface area contributed by atoms with E-state index < -0.39 is 0 Å². The summed E-state index contributed by atoms with van der Waals surface area (Å²) in [6.45, 7) is 9.92. The van der Waals surface area contributed by atoms with Crippen LogP contribution in [0.15, 0.2) is 0 Å². The number of quaternary nitrogens is 1. The summed E-state index contributed by atoms with van der Waals surface area (Å²) in [6, 6.07) is 0. The van der Waals surface area contributed by atoms with Crippen molar-refractivity contribution in [3.8, 4) is 0 Å². The van der Waals surface area contributed by atoms with Crippen LogP contribution in [0.3, 0.4) is 0 Å². The minimum Gasteiger partial charge on any atom is -0.331 e. The molecule has 0 aliphatic carbocycles. The lowest BCUT2D eigenvalue weighted by Crippen LogP contribution is -2.38. The molecular weight excluding hydrogens is 532 g/mol. The third-order valence-corrected chi connectivity index (χ3v) is 9.96. The number of hydrogen-bond donors (Lipinski definition) is 0. The Morgan fingerprint density at radius 2 is 0.477 bits per heavy atom. The molecule has 0 N–H and O–H groups in total. The maximum Gasteiger partial charge on any atom is 0.0792 e. The summed E-state index contributed by atoms with van der Waals surface area (Å²) >= 11 is 0. The monoisotopic (exact) mass is 622 g/mol. The number of nitrogens with zero attached hydrogens (tertiary/aromatic N) is 2. The standard InChI is InChI=1S/C42H89N2/c1-6-8-10-12-14-16-18-20-22-24-26-28-30-32-34-36-39-43(41-38-42-44(3,4)5)40-37-35-33-31-29-27-25-23-21-19-17-15-13-11-9-7-2/h6-42H2,1-5H3/q+1. The Balaban J connectivity index is 3.70. The SMILES string of the molecule is CCCCCCCCCCCCCCCCCCN(CCCCCCCCCCCCCCCCCC)CCC[N+](C)(C)C. The van der Waals surface area contributed by atoms with Gasteiger partial charge in [0.15, 0.2) is 0 Å². The van der Waals surface area contributed by atoms with E-state index in [4.69, 9.17) is 0 Å². The van der Waals surface area contributed by atoms with Crippen LogP contribution in [0.25, 0.3) is 0 Å². The molecule has 0 unspecified atom stereocenters. The van der Waals surface area contributed by atoms with Crippen molar-refractivity contribution in [3.63, 3.8) is 0 Å². The van der Waals surface area contributed by atoms with Crippen molar-refractivity contribution in [1.29, 1.82) is 0 Å². The van der Waals surface area contributed by atoms with E-state index in [1.54, 1.807) is 0 Å². The normalized spacial score (nSPS) is 12.1. The van der Waals surface area contributed by atoms with E-state index in [1.165, 1.54) is 238 Å². The van der Waals surface area contributed by atoms with Crippen LogP contribution in [0.1, 0.15) is 226 Å². The molecule has 2 heteroatoms. The average molecular weight is 622 g/mol. The summed E-state index contributed by atoms with van der Waals surface area (Å²) in [5, 5.41) is 0. The van der Waals surface area contributed by atoms with Gasteiger partial charge in [-0.05, 0) is 25.9 Å². The van der Waals surface area contributed by atoms with Gasteiger partial charge in [0.05, 0.1) is 27.7 Å². The fourth-order valence-electron chi connectivity index (χ4n) is 6.87. The van der Waals surface area contributed by atoms with Gasteiger partial charge in [0.25, 0.3) is 0 Å². The first-order valence-corrected chi connectivity index (χ1v) is 21.0. The van der Waals surface area contributed by atoms with Crippen LogP contribution in [-0.4, -0.2) is 56.7 Å². The maximum atomic E-state index is 2.82. The summed E-state index contributed by atoms with van der Waals surface area (Å²) < 4.78 is 1.10. The molecule has 0 aromatic heterocycles. The molecule has 0 atom stereocenters. The van der Waals surface area contributed by atoms with Crippen LogP contribution in [0.2, 0.25) is 0 Å². The molecule has 0 amide bonds. The van der Waals surface area contributed by atoms with Gasteiger partial charge >= 0.3 is 0 Å². The van der Waals surface area contributed by atoms with E-state index in [9.17, 15) is 0 Å². The highest BCUT2D eigenvalue weighted by atomic mass is 15.3. The first-order chi connectivity index (χ1) is 21.5. The molecule has 0 saturated heterocycles. The number of rotatable bonds is 38. The van der Waals surface area contributed by atoms with Crippen LogP contribution < -0.4 is 0 Å². The molecule has 0 radical (unpaired) electrons. The highest BCUT2D eigenvalue weighted by molar-refractivity contribution is 4.60. The molecular formula is C42H89N2+. The Labute approximate surface area is 281 Å². The van der Waals surface area contributed by atoms with Crippen LogP contribution in [0.5, 0.6) is 0 Å². The summed E-state index contributed by atoms with van der Waals surface area (Å²) in [5.41, 5.74) is 0. The van der Waals surface area contributed by atoms with Crippen LogP contribution >= 0.6 is 0 Å². The van der Waals surface area contributed by atoms with Crippen molar-refractivity contribution in [2.45, 2.75) is 226 Å². The summed E-state index contributed by atoms with van der Waals surface area (Å²) in [5.74, 6) is 0. The van der Waals surface area contributed by atoms with Crippen molar-refractivity contribution in [1.82, 2.24) is 4.90 Å². The molecule has 0 spiro atoms. The Hall–Kier alpha value is -0.0800. The lowest BCUT2D eigenvalue weighted by atomic mass is 10.0. The highest BCUT2D eigenvalue weighted by Gasteiger charge is 2.10. The van der Waals surface area contributed by atoms with E-state index in [1.807, 2.05) is 0 Å². The average Bonchev–Trinajstić information content (AvgIpc) is 2.99. The van der Waals surface area contributed by atoms with Crippen molar-refractivity contribution in [3.05, 3.63) is 0 Å². The van der Waals surface area contributed by atoms with E-state index in [2.05, 4.69) is 39.9 Å². The van der Waals surface area contributed by atoms with Gasteiger partial charge in [-0.3, -0.25) is 0 Å². The fourth-order valence-corrected chi connectivity index (χ4v) is 6.87. The fraction of sp³-hybridized carbons (Fsp3) is 1.00. The van der Waals surface area contributed by atoms with E-state index in [0.717, 1.165) is 4.48 Å². The molecule has 0 bridgehead atoms. The molecule has 0 rings (SSSR count). The van der Waals surface area contributed by atoms with Crippen molar-refractivity contribution < 1.29 is 4.48 Å². The Kier molecular flexibility index (Phi) is 35.7. The summed E-state index contributed by atoms with van der Waals surface area (Å²) in [6.07, 6.45) is 48.1. The number of hydrogen-bond acceptors (Lipinski definition) is 1. The zero-order valence-corrected chi connectivity index (χ0v) is 32.1. The molecule has 2 nitrogen and oxygen atoms in total. The molecule has 266 valence electrons. The first kappa shape index (κ1) is 43.9. The molecule has 0 aromatic carbocycles. The van der Waals surface area contributed by atoms with Crippen LogP contribution in [0, 0.1) is 0 Å².